The second kappa shape index (κ2) is 5.40. The summed E-state index contributed by atoms with van der Waals surface area (Å²) in [6, 6.07) is 4.05. The van der Waals surface area contributed by atoms with Crippen LogP contribution in [0.3, 0.4) is 0 Å². The third-order valence-corrected chi connectivity index (χ3v) is 3.53. The number of nitrogens with two attached hydrogens (primary N) is 1. The molecule has 0 aromatic heterocycles. The lowest BCUT2D eigenvalue weighted by atomic mass is 10.1. The molecule has 98 valence electrons. The minimum absolute atomic E-state index is 0.0924. The largest absolute Gasteiger partial charge is 0.369 e. The molecule has 2 rings (SSSR count). The van der Waals surface area contributed by atoms with E-state index in [0.717, 1.165) is 30.9 Å². The van der Waals surface area contributed by atoms with Crippen molar-refractivity contribution in [2.45, 2.75) is 26.7 Å². The van der Waals surface area contributed by atoms with Crippen LogP contribution in [0.15, 0.2) is 12.1 Å². The van der Waals surface area contributed by atoms with Crippen molar-refractivity contribution >= 4 is 17.3 Å². The average molecular weight is 247 g/mol. The highest BCUT2D eigenvalue weighted by molar-refractivity contribution is 5.97. The van der Waals surface area contributed by atoms with Crippen LogP contribution in [0, 0.1) is 13.8 Å². The van der Waals surface area contributed by atoms with Crippen LogP contribution in [0.5, 0.6) is 0 Å². The molecule has 0 radical (unpaired) electrons. The van der Waals surface area contributed by atoms with E-state index in [1.807, 2.05) is 6.07 Å². The van der Waals surface area contributed by atoms with Gasteiger partial charge in [-0.15, -0.1) is 0 Å². The molecule has 1 aliphatic heterocycles. The fraction of sp³-hybridized carbons (Fsp3) is 0.500. The van der Waals surface area contributed by atoms with E-state index in [4.69, 9.17) is 5.73 Å². The molecule has 0 saturated heterocycles. The lowest BCUT2D eigenvalue weighted by molar-refractivity contribution is -0.115. The summed E-state index contributed by atoms with van der Waals surface area (Å²) in [6.07, 6.45) is 1.48. The molecule has 0 bridgehead atoms. The highest BCUT2D eigenvalue weighted by atomic mass is 16.1. The first-order chi connectivity index (χ1) is 8.63. The van der Waals surface area contributed by atoms with Crippen molar-refractivity contribution in [3.63, 3.8) is 0 Å². The van der Waals surface area contributed by atoms with Gasteiger partial charge in [0.1, 0.15) is 0 Å². The lowest BCUT2D eigenvalue weighted by Gasteiger charge is -2.26. The molecule has 0 atom stereocenters. The highest BCUT2D eigenvalue weighted by Crippen LogP contribution is 2.34. The molecule has 1 amide bonds. The maximum atomic E-state index is 11.7. The van der Waals surface area contributed by atoms with Gasteiger partial charge in [-0.25, -0.2) is 0 Å². The Morgan fingerprint density at radius 3 is 2.89 bits per heavy atom. The van der Waals surface area contributed by atoms with E-state index in [2.05, 4.69) is 30.1 Å². The van der Waals surface area contributed by atoms with Crippen molar-refractivity contribution < 1.29 is 4.79 Å². The fourth-order valence-corrected chi connectivity index (χ4v) is 2.38. The molecule has 4 nitrogen and oxygen atoms in total. The molecular weight excluding hydrogens is 226 g/mol. The number of nitrogens with one attached hydrogen (secondary N) is 1. The SMILES string of the molecule is Cc1ccc2c(c1C)N(CCCN)CCC(=O)N2. The minimum Gasteiger partial charge on any atom is -0.369 e. The maximum Gasteiger partial charge on any atom is 0.226 e. The van der Waals surface area contributed by atoms with Crippen molar-refractivity contribution in [3.8, 4) is 0 Å². The number of carbonyl (C=O) groups excluding carboxylic acids is 1. The zero-order valence-electron chi connectivity index (χ0n) is 11.1. The van der Waals surface area contributed by atoms with Crippen LogP contribution in [0.4, 0.5) is 11.4 Å². The Morgan fingerprint density at radius 1 is 1.39 bits per heavy atom. The van der Waals surface area contributed by atoms with Crippen molar-refractivity contribution in [2.24, 2.45) is 5.73 Å². The molecule has 0 spiro atoms. The Morgan fingerprint density at radius 2 is 2.17 bits per heavy atom. The maximum absolute atomic E-state index is 11.7. The predicted octanol–water partition coefficient (Wildman–Crippen LogP) is 1.80. The van der Waals surface area contributed by atoms with Gasteiger partial charge in [0.05, 0.1) is 11.4 Å². The summed E-state index contributed by atoms with van der Waals surface area (Å²) in [5, 5.41) is 2.98. The third kappa shape index (κ3) is 2.48. The number of hydrogen-bond donors (Lipinski definition) is 2. The molecule has 3 N–H and O–H groups in total. The summed E-state index contributed by atoms with van der Waals surface area (Å²) in [6.45, 7) is 6.56. The Bertz CT molecular complexity index is 457. The zero-order valence-corrected chi connectivity index (χ0v) is 11.1. The monoisotopic (exact) mass is 247 g/mol. The molecule has 1 heterocycles. The highest BCUT2D eigenvalue weighted by Gasteiger charge is 2.21. The summed E-state index contributed by atoms with van der Waals surface area (Å²) in [7, 11) is 0. The van der Waals surface area contributed by atoms with Gasteiger partial charge in [0.15, 0.2) is 0 Å². The van der Waals surface area contributed by atoms with Gasteiger partial charge in [-0.3, -0.25) is 4.79 Å². The molecule has 4 heteroatoms. The predicted molar refractivity (Wildman–Crippen MR) is 75.0 cm³/mol. The van der Waals surface area contributed by atoms with E-state index >= 15 is 0 Å². The van der Waals surface area contributed by atoms with E-state index in [9.17, 15) is 4.79 Å². The van der Waals surface area contributed by atoms with Gasteiger partial charge in [-0.05, 0) is 44.0 Å². The average Bonchev–Trinajstić information content (AvgIpc) is 2.51. The number of hydrogen-bond acceptors (Lipinski definition) is 3. The Balaban J connectivity index is 2.41. The van der Waals surface area contributed by atoms with E-state index in [1.54, 1.807) is 0 Å². The number of carbonyl (C=O) groups is 1. The topological polar surface area (TPSA) is 58.4 Å². The molecular formula is C14H21N3O. The van der Waals surface area contributed by atoms with Crippen LogP contribution in [-0.2, 0) is 4.79 Å². The Kier molecular flexibility index (Phi) is 3.87. The van der Waals surface area contributed by atoms with Gasteiger partial charge < -0.3 is 16.0 Å². The van der Waals surface area contributed by atoms with E-state index in [0.29, 0.717) is 13.0 Å². The molecule has 18 heavy (non-hydrogen) atoms. The van der Waals surface area contributed by atoms with Crippen molar-refractivity contribution in [1.29, 1.82) is 0 Å². The molecule has 0 unspecified atom stereocenters. The second-order valence-corrected chi connectivity index (χ2v) is 4.83. The first-order valence-electron chi connectivity index (χ1n) is 6.48. The Hall–Kier alpha value is -1.55. The fourth-order valence-electron chi connectivity index (χ4n) is 2.38. The van der Waals surface area contributed by atoms with Gasteiger partial charge in [0, 0.05) is 19.5 Å². The lowest BCUT2D eigenvalue weighted by Crippen LogP contribution is -2.28. The third-order valence-electron chi connectivity index (χ3n) is 3.53. The van der Waals surface area contributed by atoms with Crippen LogP contribution in [0.1, 0.15) is 24.0 Å². The van der Waals surface area contributed by atoms with Gasteiger partial charge in [-0.2, -0.15) is 0 Å². The molecule has 0 saturated carbocycles. The van der Waals surface area contributed by atoms with Gasteiger partial charge in [0.25, 0.3) is 0 Å². The molecule has 0 fully saturated rings. The second-order valence-electron chi connectivity index (χ2n) is 4.83. The number of amides is 1. The van der Waals surface area contributed by atoms with Crippen LogP contribution in [-0.4, -0.2) is 25.5 Å². The van der Waals surface area contributed by atoms with E-state index < -0.39 is 0 Å². The molecule has 1 aliphatic rings. The summed E-state index contributed by atoms with van der Waals surface area (Å²) in [5.74, 6) is 0.0924. The van der Waals surface area contributed by atoms with Crippen LogP contribution in [0.2, 0.25) is 0 Å². The van der Waals surface area contributed by atoms with Crippen molar-refractivity contribution in [3.05, 3.63) is 23.3 Å². The van der Waals surface area contributed by atoms with Crippen molar-refractivity contribution in [2.75, 3.05) is 29.9 Å². The summed E-state index contributed by atoms with van der Waals surface area (Å²) in [4.78, 5) is 14.0. The number of nitrogens with zero attached hydrogens (tertiary/aromatic N) is 1. The number of fused-ring (bicyclic) bond motifs is 1. The normalized spacial score (nSPS) is 15.1. The molecule has 1 aromatic carbocycles. The first-order valence-corrected chi connectivity index (χ1v) is 6.48. The van der Waals surface area contributed by atoms with Crippen molar-refractivity contribution in [1.82, 2.24) is 0 Å². The molecule has 1 aromatic rings. The van der Waals surface area contributed by atoms with Gasteiger partial charge >= 0.3 is 0 Å². The first kappa shape index (κ1) is 12.9. The quantitative estimate of drug-likeness (QED) is 0.856. The summed E-state index contributed by atoms with van der Waals surface area (Å²) < 4.78 is 0. The smallest absolute Gasteiger partial charge is 0.226 e. The minimum atomic E-state index is 0.0924. The van der Waals surface area contributed by atoms with E-state index in [-0.39, 0.29) is 5.91 Å². The van der Waals surface area contributed by atoms with Gasteiger partial charge in [0.2, 0.25) is 5.91 Å². The van der Waals surface area contributed by atoms with Crippen LogP contribution < -0.4 is 16.0 Å². The van der Waals surface area contributed by atoms with Crippen LogP contribution >= 0.6 is 0 Å². The number of rotatable bonds is 3. The number of anilines is 2. The zero-order chi connectivity index (χ0) is 13.1. The number of benzene rings is 1. The molecule has 0 aliphatic carbocycles. The standard InChI is InChI=1S/C14H21N3O/c1-10-4-5-12-14(11(10)2)17(8-3-7-15)9-6-13(18)16-12/h4-5H,3,6-9,15H2,1-2H3,(H,16,18). The van der Waals surface area contributed by atoms with E-state index in [1.165, 1.54) is 11.1 Å². The van der Waals surface area contributed by atoms with Gasteiger partial charge in [-0.1, -0.05) is 6.07 Å². The van der Waals surface area contributed by atoms with Crippen LogP contribution in [0.25, 0.3) is 0 Å². The summed E-state index contributed by atoms with van der Waals surface area (Å²) >= 11 is 0. The Labute approximate surface area is 108 Å². The summed E-state index contributed by atoms with van der Waals surface area (Å²) in [5.41, 5.74) is 10.2. The number of aryl methyl sites for hydroxylation is 1.